The summed E-state index contributed by atoms with van der Waals surface area (Å²) in [7, 11) is 1.73. The first kappa shape index (κ1) is 8.49. The zero-order valence-corrected chi connectivity index (χ0v) is 6.75. The number of hydrogen-bond acceptors (Lipinski definition) is 3. The highest BCUT2D eigenvalue weighted by atomic mass is 16.5. The Hall–Kier alpha value is -0.610. The van der Waals surface area contributed by atoms with E-state index in [0.717, 1.165) is 25.9 Å². The van der Waals surface area contributed by atoms with Crippen LogP contribution in [0.3, 0.4) is 0 Å². The molecule has 4 nitrogen and oxygen atoms in total. The molecule has 0 aromatic heterocycles. The van der Waals surface area contributed by atoms with Crippen LogP contribution in [0.4, 0.5) is 0 Å². The number of rotatable bonds is 3. The van der Waals surface area contributed by atoms with Crippen molar-refractivity contribution in [3.8, 4) is 0 Å². The Bertz CT molecular complexity index is 122. The molecule has 1 aliphatic rings. The molecule has 1 aliphatic heterocycles. The van der Waals surface area contributed by atoms with Gasteiger partial charge in [0.2, 0.25) is 6.41 Å². The number of ether oxygens (including phenoxy) is 1. The Balaban J connectivity index is 2.18. The van der Waals surface area contributed by atoms with Crippen LogP contribution in [0.2, 0.25) is 0 Å². The summed E-state index contributed by atoms with van der Waals surface area (Å²) in [6, 6.07) is 0. The van der Waals surface area contributed by atoms with Crippen molar-refractivity contribution in [3.63, 3.8) is 0 Å². The van der Waals surface area contributed by atoms with Gasteiger partial charge in [-0.2, -0.15) is 0 Å². The largest absolute Gasteiger partial charge is 0.381 e. The van der Waals surface area contributed by atoms with Gasteiger partial charge in [0.25, 0.3) is 0 Å². The first-order valence-electron chi connectivity index (χ1n) is 3.84. The van der Waals surface area contributed by atoms with Gasteiger partial charge < -0.3 is 4.74 Å². The third-order valence-electron chi connectivity index (χ3n) is 2.01. The molecule has 0 atom stereocenters. The predicted molar refractivity (Wildman–Crippen MR) is 40.8 cm³/mol. The quantitative estimate of drug-likeness (QED) is 0.576. The molecule has 0 radical (unpaired) electrons. The highest BCUT2D eigenvalue weighted by Crippen LogP contribution is 2.10. The van der Waals surface area contributed by atoms with E-state index in [1.165, 1.54) is 0 Å². The molecule has 11 heavy (non-hydrogen) atoms. The van der Waals surface area contributed by atoms with E-state index in [1.807, 2.05) is 5.01 Å². The molecule has 0 spiro atoms. The van der Waals surface area contributed by atoms with Crippen LogP contribution in [0.15, 0.2) is 0 Å². The van der Waals surface area contributed by atoms with Crippen LogP contribution in [-0.4, -0.2) is 37.7 Å². The van der Waals surface area contributed by atoms with Crippen molar-refractivity contribution in [2.45, 2.75) is 18.9 Å². The van der Waals surface area contributed by atoms with E-state index in [4.69, 9.17) is 4.74 Å². The van der Waals surface area contributed by atoms with Crippen molar-refractivity contribution in [3.05, 3.63) is 0 Å². The Morgan fingerprint density at radius 3 is 2.64 bits per heavy atom. The zero-order chi connectivity index (χ0) is 8.10. The lowest BCUT2D eigenvalue weighted by molar-refractivity contribution is -0.114. The maximum atomic E-state index is 10.0. The van der Waals surface area contributed by atoms with Gasteiger partial charge in [0.05, 0.1) is 6.10 Å². The van der Waals surface area contributed by atoms with Crippen LogP contribution in [0.1, 0.15) is 12.8 Å². The van der Waals surface area contributed by atoms with Crippen molar-refractivity contribution in [1.82, 2.24) is 10.4 Å². The molecular formula is C7H14N2O2. The van der Waals surface area contributed by atoms with Crippen LogP contribution in [0.5, 0.6) is 0 Å². The van der Waals surface area contributed by atoms with Crippen molar-refractivity contribution >= 4 is 6.41 Å². The number of nitrogens with zero attached hydrogens (tertiary/aromatic N) is 1. The molecule has 0 aromatic rings. The van der Waals surface area contributed by atoms with Crippen LogP contribution < -0.4 is 5.43 Å². The monoisotopic (exact) mass is 158 g/mol. The van der Waals surface area contributed by atoms with Gasteiger partial charge in [0.15, 0.2) is 0 Å². The lowest BCUT2D eigenvalue weighted by atomic mass is 10.1. The number of piperidine rings is 1. The second kappa shape index (κ2) is 4.31. The SMILES string of the molecule is COC1CCN(NC=O)CC1. The lowest BCUT2D eigenvalue weighted by Gasteiger charge is -2.29. The van der Waals surface area contributed by atoms with Gasteiger partial charge in [-0.25, -0.2) is 5.01 Å². The number of nitrogens with one attached hydrogen (secondary N) is 1. The second-order valence-corrected chi connectivity index (χ2v) is 2.67. The Labute approximate surface area is 66.5 Å². The number of hydrogen-bond donors (Lipinski definition) is 1. The van der Waals surface area contributed by atoms with E-state index in [2.05, 4.69) is 5.43 Å². The first-order valence-corrected chi connectivity index (χ1v) is 3.84. The van der Waals surface area contributed by atoms with Crippen molar-refractivity contribution in [1.29, 1.82) is 0 Å². The minimum absolute atomic E-state index is 0.375. The summed E-state index contributed by atoms with van der Waals surface area (Å²) in [5.41, 5.74) is 2.63. The minimum Gasteiger partial charge on any atom is -0.381 e. The van der Waals surface area contributed by atoms with Crippen molar-refractivity contribution in [2.24, 2.45) is 0 Å². The van der Waals surface area contributed by atoms with E-state index in [9.17, 15) is 4.79 Å². The molecule has 0 bridgehead atoms. The average molecular weight is 158 g/mol. The summed E-state index contributed by atoms with van der Waals surface area (Å²) in [4.78, 5) is 10.0. The van der Waals surface area contributed by atoms with E-state index in [1.54, 1.807) is 7.11 Å². The molecule has 0 unspecified atom stereocenters. The van der Waals surface area contributed by atoms with Crippen LogP contribution in [0, 0.1) is 0 Å². The molecule has 1 fully saturated rings. The molecule has 0 aliphatic carbocycles. The van der Waals surface area contributed by atoms with Crippen molar-refractivity contribution in [2.75, 3.05) is 20.2 Å². The van der Waals surface area contributed by atoms with E-state index >= 15 is 0 Å². The summed E-state index contributed by atoms with van der Waals surface area (Å²) in [6.45, 7) is 1.77. The lowest BCUT2D eigenvalue weighted by Crippen LogP contribution is -2.44. The van der Waals surface area contributed by atoms with Gasteiger partial charge in [-0.3, -0.25) is 10.2 Å². The molecular weight excluding hydrogens is 144 g/mol. The maximum absolute atomic E-state index is 10.0. The van der Waals surface area contributed by atoms with E-state index in [-0.39, 0.29) is 0 Å². The first-order chi connectivity index (χ1) is 5.36. The summed E-state index contributed by atoms with van der Waals surface area (Å²) in [5.74, 6) is 0. The highest BCUT2D eigenvalue weighted by Gasteiger charge is 2.17. The number of hydrazine groups is 1. The number of amides is 1. The third kappa shape index (κ3) is 2.48. The Kier molecular flexibility index (Phi) is 3.32. The third-order valence-corrected chi connectivity index (χ3v) is 2.01. The van der Waals surface area contributed by atoms with Gasteiger partial charge in [-0.1, -0.05) is 0 Å². The molecule has 1 amide bonds. The fraction of sp³-hybridized carbons (Fsp3) is 0.857. The van der Waals surface area contributed by atoms with E-state index in [0.29, 0.717) is 12.5 Å². The van der Waals surface area contributed by atoms with Crippen LogP contribution in [0.25, 0.3) is 0 Å². The Morgan fingerprint density at radius 1 is 1.55 bits per heavy atom. The van der Waals surface area contributed by atoms with Gasteiger partial charge in [-0.15, -0.1) is 0 Å². The topological polar surface area (TPSA) is 41.6 Å². The number of carbonyl (C=O) groups is 1. The number of carbonyl (C=O) groups excluding carboxylic acids is 1. The average Bonchev–Trinajstić information content (AvgIpc) is 2.07. The van der Waals surface area contributed by atoms with E-state index < -0.39 is 0 Å². The van der Waals surface area contributed by atoms with Gasteiger partial charge in [0.1, 0.15) is 0 Å². The van der Waals surface area contributed by atoms with Gasteiger partial charge in [-0.05, 0) is 12.8 Å². The van der Waals surface area contributed by atoms with Gasteiger partial charge in [0, 0.05) is 20.2 Å². The predicted octanol–water partition coefficient (Wildman–Crippen LogP) is -0.242. The maximum Gasteiger partial charge on any atom is 0.221 e. The highest BCUT2D eigenvalue weighted by molar-refractivity contribution is 5.44. The summed E-state index contributed by atoms with van der Waals surface area (Å²) >= 11 is 0. The fourth-order valence-corrected chi connectivity index (χ4v) is 1.30. The second-order valence-electron chi connectivity index (χ2n) is 2.67. The van der Waals surface area contributed by atoms with Crippen LogP contribution in [-0.2, 0) is 9.53 Å². The molecule has 1 rings (SSSR count). The smallest absolute Gasteiger partial charge is 0.221 e. The number of methoxy groups -OCH3 is 1. The zero-order valence-electron chi connectivity index (χ0n) is 6.75. The van der Waals surface area contributed by atoms with Gasteiger partial charge >= 0.3 is 0 Å². The molecule has 1 heterocycles. The molecule has 0 saturated carbocycles. The summed E-state index contributed by atoms with van der Waals surface area (Å²) in [5, 5.41) is 1.91. The molecule has 1 saturated heterocycles. The summed E-state index contributed by atoms with van der Waals surface area (Å²) in [6.07, 6.45) is 3.08. The molecule has 4 heteroatoms. The molecule has 0 aromatic carbocycles. The van der Waals surface area contributed by atoms with Crippen LogP contribution >= 0.6 is 0 Å². The fourth-order valence-electron chi connectivity index (χ4n) is 1.30. The standard InChI is InChI=1S/C7H14N2O2/c1-11-7-2-4-9(5-3-7)8-6-10/h6-7H,2-5H2,1H3,(H,8,10). The molecule has 1 N–H and O–H groups in total. The summed E-state index contributed by atoms with van der Waals surface area (Å²) < 4.78 is 5.17. The molecule has 64 valence electrons. The normalized spacial score (nSPS) is 21.5. The minimum atomic E-state index is 0.375. The van der Waals surface area contributed by atoms with Crippen molar-refractivity contribution < 1.29 is 9.53 Å². The Morgan fingerprint density at radius 2 is 2.18 bits per heavy atom.